The smallest absolute Gasteiger partial charge is 0.194 e. The van der Waals surface area contributed by atoms with Gasteiger partial charge < -0.3 is 20.0 Å². The van der Waals surface area contributed by atoms with Gasteiger partial charge in [0.1, 0.15) is 5.82 Å². The third-order valence-electron chi connectivity index (χ3n) is 5.08. The van der Waals surface area contributed by atoms with Gasteiger partial charge in [0.15, 0.2) is 5.96 Å². The van der Waals surface area contributed by atoms with Crippen molar-refractivity contribution in [2.24, 2.45) is 4.99 Å². The average Bonchev–Trinajstić information content (AvgIpc) is 2.73. The van der Waals surface area contributed by atoms with E-state index in [2.05, 4.69) is 52.1 Å². The monoisotopic (exact) mass is 542 g/mol. The molecule has 1 aromatic carbocycles. The van der Waals surface area contributed by atoms with Gasteiger partial charge in [-0.2, -0.15) is 0 Å². The molecule has 0 unspecified atom stereocenters. The molecule has 0 radical (unpaired) electrons. The summed E-state index contributed by atoms with van der Waals surface area (Å²) in [5.41, 5.74) is 2.37. The van der Waals surface area contributed by atoms with Gasteiger partial charge in [-0.25, -0.2) is 9.98 Å². The maximum absolute atomic E-state index is 5.99. The minimum Gasteiger partial charge on any atom is -0.357 e. The molecule has 1 fully saturated rings. The lowest BCUT2D eigenvalue weighted by atomic mass is 10.2. The molecule has 1 saturated heterocycles. The molecule has 8 heteroatoms. The van der Waals surface area contributed by atoms with Crippen LogP contribution in [0, 0.1) is 0 Å². The summed E-state index contributed by atoms with van der Waals surface area (Å²) in [6.45, 7) is 8.48. The van der Waals surface area contributed by atoms with E-state index in [0.717, 1.165) is 56.1 Å². The molecule has 1 aliphatic rings. The molecular weight excluding hydrogens is 511 g/mol. The summed E-state index contributed by atoms with van der Waals surface area (Å²) in [5.74, 6) is 1.94. The molecule has 0 atom stereocenters. The lowest BCUT2D eigenvalue weighted by Crippen LogP contribution is -2.44. The molecule has 0 bridgehead atoms. The van der Waals surface area contributed by atoms with Gasteiger partial charge >= 0.3 is 0 Å². The van der Waals surface area contributed by atoms with E-state index in [1.165, 1.54) is 11.1 Å². The summed E-state index contributed by atoms with van der Waals surface area (Å²) >= 11 is 5.99. The molecule has 30 heavy (non-hydrogen) atoms. The standard InChI is InChI=1S/C22H31ClN6.HI/c1-4-24-22(28(3)17-18-5-7-20(23)8-6-18)26-16-19-9-10-25-21(15-19)29-13-11-27(2)12-14-29;/h5-10,15H,4,11-14,16-17H2,1-3H3,(H,24,26);1H. The normalized spacial score (nSPS) is 14.9. The molecule has 6 nitrogen and oxygen atoms in total. The Kier molecular flexibility index (Phi) is 10.1. The van der Waals surface area contributed by atoms with Crippen LogP contribution in [-0.4, -0.2) is 67.6 Å². The third-order valence-corrected chi connectivity index (χ3v) is 5.33. The number of hydrogen-bond donors (Lipinski definition) is 1. The number of halogens is 2. The third kappa shape index (κ3) is 7.28. The van der Waals surface area contributed by atoms with Crippen molar-refractivity contribution in [3.63, 3.8) is 0 Å². The first-order valence-corrected chi connectivity index (χ1v) is 10.5. The van der Waals surface area contributed by atoms with Gasteiger partial charge in [-0.15, -0.1) is 24.0 Å². The topological polar surface area (TPSA) is 47.0 Å². The minimum absolute atomic E-state index is 0. The SMILES string of the molecule is CCNC(=NCc1ccnc(N2CCN(C)CC2)c1)N(C)Cc1ccc(Cl)cc1.I. The Hall–Kier alpha value is -1.58. The number of benzene rings is 1. The van der Waals surface area contributed by atoms with Crippen molar-refractivity contribution in [2.75, 3.05) is 51.7 Å². The first kappa shape index (κ1) is 24.7. The fourth-order valence-corrected chi connectivity index (χ4v) is 3.47. The molecule has 0 aliphatic carbocycles. The maximum atomic E-state index is 5.99. The number of anilines is 1. The van der Waals surface area contributed by atoms with E-state index in [9.17, 15) is 0 Å². The quantitative estimate of drug-likeness (QED) is 0.343. The van der Waals surface area contributed by atoms with E-state index in [4.69, 9.17) is 16.6 Å². The highest BCUT2D eigenvalue weighted by Crippen LogP contribution is 2.16. The summed E-state index contributed by atoms with van der Waals surface area (Å²) in [5, 5.41) is 4.14. The van der Waals surface area contributed by atoms with Crippen LogP contribution in [0.15, 0.2) is 47.6 Å². The number of likely N-dealkylation sites (N-methyl/N-ethyl adjacent to an activating group) is 1. The lowest BCUT2D eigenvalue weighted by Gasteiger charge is -2.33. The molecule has 2 aromatic rings. The van der Waals surface area contributed by atoms with Crippen LogP contribution in [0.5, 0.6) is 0 Å². The summed E-state index contributed by atoms with van der Waals surface area (Å²) in [4.78, 5) is 16.3. The van der Waals surface area contributed by atoms with Crippen molar-refractivity contribution < 1.29 is 0 Å². The van der Waals surface area contributed by atoms with Gasteiger partial charge in [0.2, 0.25) is 0 Å². The van der Waals surface area contributed by atoms with Crippen LogP contribution in [0.4, 0.5) is 5.82 Å². The first-order chi connectivity index (χ1) is 14.0. The van der Waals surface area contributed by atoms with Crippen LogP contribution in [-0.2, 0) is 13.1 Å². The number of pyridine rings is 1. The number of aromatic nitrogens is 1. The van der Waals surface area contributed by atoms with Crippen molar-refractivity contribution in [3.05, 3.63) is 58.7 Å². The van der Waals surface area contributed by atoms with Crippen molar-refractivity contribution in [1.29, 1.82) is 0 Å². The summed E-state index contributed by atoms with van der Waals surface area (Å²) in [6, 6.07) is 12.2. The maximum Gasteiger partial charge on any atom is 0.194 e. The number of piperazine rings is 1. The van der Waals surface area contributed by atoms with E-state index in [0.29, 0.717) is 6.54 Å². The number of guanidine groups is 1. The zero-order chi connectivity index (χ0) is 20.6. The van der Waals surface area contributed by atoms with Crippen LogP contribution < -0.4 is 10.2 Å². The Balaban J connectivity index is 0.00000320. The Labute approximate surface area is 202 Å². The predicted octanol–water partition coefficient (Wildman–Crippen LogP) is 3.70. The fourth-order valence-electron chi connectivity index (χ4n) is 3.34. The van der Waals surface area contributed by atoms with E-state index in [1.807, 2.05) is 36.5 Å². The Morgan fingerprint density at radius 3 is 2.50 bits per heavy atom. The van der Waals surface area contributed by atoms with Gasteiger partial charge in [-0.1, -0.05) is 23.7 Å². The van der Waals surface area contributed by atoms with Crippen LogP contribution in [0.1, 0.15) is 18.1 Å². The zero-order valence-corrected chi connectivity index (χ0v) is 21.1. The van der Waals surface area contributed by atoms with Crippen LogP contribution in [0.25, 0.3) is 0 Å². The van der Waals surface area contributed by atoms with E-state index in [1.54, 1.807) is 0 Å². The molecule has 1 aliphatic heterocycles. The van der Waals surface area contributed by atoms with Crippen molar-refractivity contribution in [2.45, 2.75) is 20.0 Å². The first-order valence-electron chi connectivity index (χ1n) is 10.2. The molecule has 1 N–H and O–H groups in total. The second kappa shape index (κ2) is 12.3. The largest absolute Gasteiger partial charge is 0.357 e. The Morgan fingerprint density at radius 2 is 1.83 bits per heavy atom. The number of rotatable bonds is 6. The van der Waals surface area contributed by atoms with Crippen molar-refractivity contribution >= 4 is 47.4 Å². The van der Waals surface area contributed by atoms with Crippen molar-refractivity contribution in [1.82, 2.24) is 20.1 Å². The summed E-state index contributed by atoms with van der Waals surface area (Å²) in [6.07, 6.45) is 1.89. The van der Waals surface area contributed by atoms with Gasteiger partial charge in [0, 0.05) is 57.5 Å². The molecule has 1 aromatic heterocycles. The minimum atomic E-state index is 0. The lowest BCUT2D eigenvalue weighted by molar-refractivity contribution is 0.312. The number of aliphatic imine (C=N–C) groups is 1. The van der Waals surface area contributed by atoms with Crippen LogP contribution in [0.3, 0.4) is 0 Å². The van der Waals surface area contributed by atoms with Gasteiger partial charge in [0.05, 0.1) is 6.54 Å². The van der Waals surface area contributed by atoms with Crippen LogP contribution >= 0.6 is 35.6 Å². The number of nitrogens with one attached hydrogen (secondary N) is 1. The summed E-state index contributed by atoms with van der Waals surface area (Å²) in [7, 11) is 4.22. The zero-order valence-electron chi connectivity index (χ0n) is 18.0. The van der Waals surface area contributed by atoms with E-state index >= 15 is 0 Å². The summed E-state index contributed by atoms with van der Waals surface area (Å²) < 4.78 is 0. The van der Waals surface area contributed by atoms with E-state index in [-0.39, 0.29) is 24.0 Å². The van der Waals surface area contributed by atoms with E-state index < -0.39 is 0 Å². The molecule has 2 heterocycles. The molecular formula is C22H32ClIN6. The van der Waals surface area contributed by atoms with Gasteiger partial charge in [-0.05, 0) is 49.4 Å². The fraction of sp³-hybridized carbons (Fsp3) is 0.455. The highest BCUT2D eigenvalue weighted by atomic mass is 127. The Bertz CT molecular complexity index is 806. The average molecular weight is 543 g/mol. The van der Waals surface area contributed by atoms with Gasteiger partial charge in [-0.3, -0.25) is 0 Å². The van der Waals surface area contributed by atoms with Crippen molar-refractivity contribution in [3.8, 4) is 0 Å². The number of nitrogens with zero attached hydrogens (tertiary/aromatic N) is 5. The molecule has 0 saturated carbocycles. The second-order valence-electron chi connectivity index (χ2n) is 7.47. The Morgan fingerprint density at radius 1 is 1.13 bits per heavy atom. The second-order valence-corrected chi connectivity index (χ2v) is 7.90. The highest BCUT2D eigenvalue weighted by Gasteiger charge is 2.15. The number of hydrogen-bond acceptors (Lipinski definition) is 4. The molecule has 3 rings (SSSR count). The highest BCUT2D eigenvalue weighted by molar-refractivity contribution is 14.0. The predicted molar refractivity (Wildman–Crippen MR) is 137 cm³/mol. The molecule has 164 valence electrons. The van der Waals surface area contributed by atoms with Gasteiger partial charge in [0.25, 0.3) is 0 Å². The van der Waals surface area contributed by atoms with Crippen LogP contribution in [0.2, 0.25) is 5.02 Å². The molecule has 0 spiro atoms. The molecule has 0 amide bonds.